The summed E-state index contributed by atoms with van der Waals surface area (Å²) in [5.74, 6) is 1.83. The first-order chi connectivity index (χ1) is 14.1. The van der Waals surface area contributed by atoms with E-state index in [0.717, 1.165) is 17.0 Å². The van der Waals surface area contributed by atoms with Crippen LogP contribution in [0.4, 0.5) is 5.69 Å². The smallest absolute Gasteiger partial charge is 0.243 e. The van der Waals surface area contributed by atoms with Crippen LogP contribution in [0.5, 0.6) is 11.5 Å². The third-order valence-corrected chi connectivity index (χ3v) is 4.12. The van der Waals surface area contributed by atoms with Gasteiger partial charge in [0.05, 0.1) is 25.8 Å². The Morgan fingerprint density at radius 1 is 1.03 bits per heavy atom. The Kier molecular flexibility index (Phi) is 11.7. The summed E-state index contributed by atoms with van der Waals surface area (Å²) in [5.41, 5.74) is 1.78. The highest BCUT2D eigenvalue weighted by molar-refractivity contribution is 14.0. The second-order valence-corrected chi connectivity index (χ2v) is 6.28. The highest BCUT2D eigenvalue weighted by atomic mass is 127. The Morgan fingerprint density at radius 3 is 2.33 bits per heavy atom. The lowest BCUT2D eigenvalue weighted by atomic mass is 10.1. The van der Waals surface area contributed by atoms with Crippen LogP contribution in [0.3, 0.4) is 0 Å². The normalized spacial score (nSPS) is 11.7. The SMILES string of the molecule is CCOc1ccc(C(C)NC(=NC)NCC(=O)Nc2ccccc2)cc1OCC.I. The van der Waals surface area contributed by atoms with Crippen LogP contribution in [0.25, 0.3) is 0 Å². The first kappa shape index (κ1) is 25.5. The number of para-hydroxylation sites is 1. The quantitative estimate of drug-likeness (QED) is 0.262. The van der Waals surface area contributed by atoms with Gasteiger partial charge in [-0.1, -0.05) is 24.3 Å². The highest BCUT2D eigenvalue weighted by Gasteiger charge is 2.13. The molecule has 1 unspecified atom stereocenters. The summed E-state index contributed by atoms with van der Waals surface area (Å²) in [6, 6.07) is 15.1. The van der Waals surface area contributed by atoms with Crippen molar-refractivity contribution in [2.75, 3.05) is 32.1 Å². The second kappa shape index (κ2) is 13.7. The summed E-state index contributed by atoms with van der Waals surface area (Å²) in [6.45, 7) is 7.14. The lowest BCUT2D eigenvalue weighted by molar-refractivity contribution is -0.115. The van der Waals surface area contributed by atoms with Crippen molar-refractivity contribution in [2.45, 2.75) is 26.8 Å². The van der Waals surface area contributed by atoms with Crippen LogP contribution in [0.2, 0.25) is 0 Å². The molecule has 0 aliphatic heterocycles. The molecule has 2 aromatic carbocycles. The number of hydrogen-bond donors (Lipinski definition) is 3. The number of nitrogens with one attached hydrogen (secondary N) is 3. The summed E-state index contributed by atoms with van der Waals surface area (Å²) in [7, 11) is 1.67. The van der Waals surface area contributed by atoms with Crippen LogP contribution in [0, 0.1) is 0 Å². The van der Waals surface area contributed by atoms with Crippen molar-refractivity contribution in [3.05, 3.63) is 54.1 Å². The van der Waals surface area contributed by atoms with Crippen LogP contribution < -0.4 is 25.4 Å². The molecule has 0 fully saturated rings. The van der Waals surface area contributed by atoms with E-state index in [9.17, 15) is 4.79 Å². The molecule has 1 atom stereocenters. The number of guanidine groups is 1. The maximum Gasteiger partial charge on any atom is 0.243 e. The van der Waals surface area contributed by atoms with Gasteiger partial charge in [-0.15, -0.1) is 24.0 Å². The van der Waals surface area contributed by atoms with E-state index in [-0.39, 0.29) is 42.5 Å². The number of aliphatic imine (C=N–C) groups is 1. The highest BCUT2D eigenvalue weighted by Crippen LogP contribution is 2.30. The molecule has 2 aromatic rings. The molecule has 3 N–H and O–H groups in total. The number of nitrogens with zero attached hydrogens (tertiary/aromatic N) is 1. The monoisotopic (exact) mass is 526 g/mol. The van der Waals surface area contributed by atoms with Gasteiger partial charge in [-0.25, -0.2) is 0 Å². The number of rotatable bonds is 9. The predicted molar refractivity (Wildman–Crippen MR) is 132 cm³/mol. The fourth-order valence-electron chi connectivity index (χ4n) is 2.71. The molecule has 0 aliphatic rings. The predicted octanol–water partition coefficient (Wildman–Crippen LogP) is 3.97. The standard InChI is InChI=1S/C22H30N4O3.HI/c1-5-28-19-13-12-17(14-20(19)29-6-2)16(3)25-22(23-4)24-15-21(27)26-18-10-8-7-9-11-18;/h7-14,16H,5-6,15H2,1-4H3,(H,26,27)(H2,23,24,25);1H. The molecule has 164 valence electrons. The fourth-order valence-corrected chi connectivity index (χ4v) is 2.71. The Morgan fingerprint density at radius 2 is 1.70 bits per heavy atom. The summed E-state index contributed by atoms with van der Waals surface area (Å²) >= 11 is 0. The summed E-state index contributed by atoms with van der Waals surface area (Å²) in [4.78, 5) is 16.3. The number of halogens is 1. The van der Waals surface area contributed by atoms with E-state index in [0.29, 0.717) is 24.9 Å². The molecule has 0 saturated heterocycles. The minimum atomic E-state index is -0.147. The minimum absolute atomic E-state index is 0. The van der Waals surface area contributed by atoms with E-state index < -0.39 is 0 Å². The average Bonchev–Trinajstić information content (AvgIpc) is 2.73. The molecule has 1 amide bonds. The van der Waals surface area contributed by atoms with Gasteiger partial charge < -0.3 is 25.4 Å². The number of amides is 1. The lowest BCUT2D eigenvalue weighted by Gasteiger charge is -2.20. The van der Waals surface area contributed by atoms with Gasteiger partial charge >= 0.3 is 0 Å². The molecular formula is C22H31IN4O3. The molecule has 2 rings (SSSR count). The molecular weight excluding hydrogens is 495 g/mol. The zero-order valence-corrected chi connectivity index (χ0v) is 20.2. The van der Waals surface area contributed by atoms with E-state index in [4.69, 9.17) is 9.47 Å². The van der Waals surface area contributed by atoms with Crippen LogP contribution in [-0.2, 0) is 4.79 Å². The molecule has 0 spiro atoms. The van der Waals surface area contributed by atoms with E-state index in [1.54, 1.807) is 7.05 Å². The number of carbonyl (C=O) groups excluding carboxylic acids is 1. The second-order valence-electron chi connectivity index (χ2n) is 6.28. The topological polar surface area (TPSA) is 84.0 Å². The van der Waals surface area contributed by atoms with Crippen molar-refractivity contribution in [3.63, 3.8) is 0 Å². The van der Waals surface area contributed by atoms with Gasteiger partial charge in [-0.2, -0.15) is 0 Å². The van der Waals surface area contributed by atoms with E-state index >= 15 is 0 Å². The van der Waals surface area contributed by atoms with Crippen LogP contribution in [0.1, 0.15) is 32.4 Å². The average molecular weight is 526 g/mol. The van der Waals surface area contributed by atoms with Crippen molar-refractivity contribution in [1.29, 1.82) is 0 Å². The molecule has 0 aromatic heterocycles. The van der Waals surface area contributed by atoms with E-state index in [1.165, 1.54) is 0 Å². The van der Waals surface area contributed by atoms with Gasteiger partial charge in [0.15, 0.2) is 17.5 Å². The molecule has 30 heavy (non-hydrogen) atoms. The Bertz CT molecular complexity index is 815. The molecule has 0 bridgehead atoms. The number of ether oxygens (including phenoxy) is 2. The summed E-state index contributed by atoms with van der Waals surface area (Å²) in [6.07, 6.45) is 0. The number of benzene rings is 2. The van der Waals surface area contributed by atoms with Gasteiger partial charge in [0, 0.05) is 12.7 Å². The maximum atomic E-state index is 12.1. The zero-order chi connectivity index (χ0) is 21.1. The molecule has 0 aliphatic carbocycles. The molecule has 0 saturated carbocycles. The van der Waals surface area contributed by atoms with Crippen LogP contribution in [0.15, 0.2) is 53.5 Å². The van der Waals surface area contributed by atoms with E-state index in [1.807, 2.05) is 69.3 Å². The van der Waals surface area contributed by atoms with Gasteiger partial charge in [0.1, 0.15) is 0 Å². The first-order valence-electron chi connectivity index (χ1n) is 9.79. The number of anilines is 1. The van der Waals surface area contributed by atoms with Crippen LogP contribution >= 0.6 is 24.0 Å². The number of carbonyl (C=O) groups is 1. The number of hydrogen-bond acceptors (Lipinski definition) is 4. The van der Waals surface area contributed by atoms with Gasteiger partial charge in [-0.3, -0.25) is 9.79 Å². The van der Waals surface area contributed by atoms with Crippen molar-refractivity contribution in [1.82, 2.24) is 10.6 Å². The molecule has 0 heterocycles. The van der Waals surface area contributed by atoms with Crippen molar-refractivity contribution in [3.8, 4) is 11.5 Å². The maximum absolute atomic E-state index is 12.1. The Labute approximate surface area is 195 Å². The van der Waals surface area contributed by atoms with E-state index in [2.05, 4.69) is 20.9 Å². The van der Waals surface area contributed by atoms with Gasteiger partial charge in [0.25, 0.3) is 0 Å². The van der Waals surface area contributed by atoms with Crippen molar-refractivity contribution >= 4 is 41.5 Å². The fraction of sp³-hybridized carbons (Fsp3) is 0.364. The summed E-state index contributed by atoms with van der Waals surface area (Å²) in [5, 5.41) is 9.15. The molecule has 8 heteroatoms. The van der Waals surface area contributed by atoms with Crippen molar-refractivity contribution in [2.24, 2.45) is 4.99 Å². The third kappa shape index (κ3) is 8.10. The largest absolute Gasteiger partial charge is 0.490 e. The molecule has 7 nitrogen and oxygen atoms in total. The van der Waals surface area contributed by atoms with Crippen molar-refractivity contribution < 1.29 is 14.3 Å². The first-order valence-corrected chi connectivity index (χ1v) is 9.79. The zero-order valence-electron chi connectivity index (χ0n) is 17.9. The minimum Gasteiger partial charge on any atom is -0.490 e. The third-order valence-electron chi connectivity index (χ3n) is 4.12. The summed E-state index contributed by atoms with van der Waals surface area (Å²) < 4.78 is 11.3. The van der Waals surface area contributed by atoms with Gasteiger partial charge in [0.2, 0.25) is 5.91 Å². The Hall–Kier alpha value is -2.49. The van der Waals surface area contributed by atoms with Crippen LogP contribution in [-0.4, -0.2) is 38.7 Å². The van der Waals surface area contributed by atoms with Gasteiger partial charge in [-0.05, 0) is 50.6 Å². The Balaban J connectivity index is 0.00000450. The molecule has 0 radical (unpaired) electrons. The lowest BCUT2D eigenvalue weighted by Crippen LogP contribution is -2.42.